The van der Waals surface area contributed by atoms with Crippen LogP contribution < -0.4 is 10.6 Å². The number of amides is 3. The Morgan fingerprint density at radius 3 is 2.11 bits per heavy atom. The number of carbonyl (C=O) groups is 2. The highest BCUT2D eigenvalue weighted by Crippen LogP contribution is 2.22. The summed E-state index contributed by atoms with van der Waals surface area (Å²) in [5.41, 5.74) is 2.86. The summed E-state index contributed by atoms with van der Waals surface area (Å²) in [6, 6.07) is 10.3. The number of nitrogens with one attached hydrogen (secondary N) is 2. The van der Waals surface area contributed by atoms with Gasteiger partial charge in [0.05, 0.1) is 0 Å². The predicted octanol–water partition coefficient (Wildman–Crippen LogP) is 1.63. The Labute approximate surface area is 109 Å². The van der Waals surface area contributed by atoms with Crippen molar-refractivity contribution in [1.29, 1.82) is 0 Å². The topological polar surface area (TPSA) is 71.1 Å². The van der Waals surface area contributed by atoms with E-state index in [1.165, 1.54) is 0 Å². The Morgan fingerprint density at radius 2 is 1.53 bits per heavy atom. The van der Waals surface area contributed by atoms with Crippen molar-refractivity contribution in [3.05, 3.63) is 54.4 Å². The van der Waals surface area contributed by atoms with E-state index in [0.29, 0.717) is 0 Å². The lowest BCUT2D eigenvalue weighted by Crippen LogP contribution is -2.22. The van der Waals surface area contributed by atoms with Gasteiger partial charge in [-0.3, -0.25) is 15.1 Å². The van der Waals surface area contributed by atoms with Gasteiger partial charge in [-0.15, -0.1) is 0 Å². The Hall–Kier alpha value is -2.69. The number of benzene rings is 1. The normalized spacial score (nSPS) is 18.0. The number of hydrogen-bond donors (Lipinski definition) is 2. The number of rotatable bonds is 2. The molecule has 2 N–H and O–H groups in total. The maximum absolute atomic E-state index is 11.5. The van der Waals surface area contributed by atoms with Gasteiger partial charge in [-0.1, -0.05) is 24.3 Å². The summed E-state index contributed by atoms with van der Waals surface area (Å²) in [7, 11) is 0. The van der Waals surface area contributed by atoms with Crippen LogP contribution in [0.15, 0.2) is 48.8 Å². The van der Waals surface area contributed by atoms with E-state index in [1.807, 2.05) is 36.4 Å². The van der Waals surface area contributed by atoms with E-state index in [0.717, 1.165) is 16.7 Å². The first kappa shape index (κ1) is 11.4. The van der Waals surface area contributed by atoms with E-state index in [-0.39, 0.29) is 5.91 Å². The average Bonchev–Trinajstić information content (AvgIpc) is 2.79. The fraction of sp³-hybridized carbons (Fsp3) is 0.0714. The van der Waals surface area contributed by atoms with Crippen molar-refractivity contribution in [2.45, 2.75) is 6.04 Å². The zero-order valence-electron chi connectivity index (χ0n) is 9.96. The average molecular weight is 253 g/mol. The molecule has 1 unspecified atom stereocenters. The van der Waals surface area contributed by atoms with Crippen molar-refractivity contribution >= 4 is 11.9 Å². The van der Waals surface area contributed by atoms with Crippen molar-refractivity contribution in [3.8, 4) is 11.1 Å². The maximum Gasteiger partial charge on any atom is 0.322 e. The van der Waals surface area contributed by atoms with Gasteiger partial charge >= 0.3 is 6.03 Å². The molecule has 3 amide bonds. The first-order valence-corrected chi connectivity index (χ1v) is 5.86. The molecule has 5 heteroatoms. The van der Waals surface area contributed by atoms with Crippen LogP contribution in [0.2, 0.25) is 0 Å². The molecule has 1 fully saturated rings. The monoisotopic (exact) mass is 253 g/mol. The van der Waals surface area contributed by atoms with E-state index < -0.39 is 12.1 Å². The molecule has 0 bridgehead atoms. The van der Waals surface area contributed by atoms with E-state index in [1.54, 1.807) is 12.4 Å². The number of urea groups is 1. The van der Waals surface area contributed by atoms with E-state index in [4.69, 9.17) is 0 Å². The fourth-order valence-electron chi connectivity index (χ4n) is 2.06. The van der Waals surface area contributed by atoms with Crippen LogP contribution in [0, 0.1) is 0 Å². The van der Waals surface area contributed by atoms with Crippen LogP contribution >= 0.6 is 0 Å². The number of imide groups is 1. The minimum atomic E-state index is -0.598. The summed E-state index contributed by atoms with van der Waals surface area (Å²) in [4.78, 5) is 26.6. The Morgan fingerprint density at radius 1 is 0.895 bits per heavy atom. The predicted molar refractivity (Wildman–Crippen MR) is 69.1 cm³/mol. The zero-order valence-corrected chi connectivity index (χ0v) is 9.96. The molecule has 1 atom stereocenters. The van der Waals surface area contributed by atoms with Gasteiger partial charge in [-0.25, -0.2) is 4.79 Å². The number of aromatic nitrogens is 1. The van der Waals surface area contributed by atoms with Gasteiger partial charge in [0, 0.05) is 12.4 Å². The molecule has 3 rings (SSSR count). The van der Waals surface area contributed by atoms with Crippen LogP contribution in [0.5, 0.6) is 0 Å². The van der Waals surface area contributed by atoms with Gasteiger partial charge in [-0.05, 0) is 28.8 Å². The van der Waals surface area contributed by atoms with E-state index in [2.05, 4.69) is 15.6 Å². The molecule has 1 aromatic heterocycles. The number of nitrogens with zero attached hydrogens (tertiary/aromatic N) is 1. The van der Waals surface area contributed by atoms with Gasteiger partial charge in [0.2, 0.25) is 0 Å². The van der Waals surface area contributed by atoms with Gasteiger partial charge < -0.3 is 5.32 Å². The molecule has 2 aromatic rings. The molecule has 0 spiro atoms. The number of carbonyl (C=O) groups excluding carboxylic acids is 2. The van der Waals surface area contributed by atoms with Crippen LogP contribution in [0.4, 0.5) is 4.79 Å². The minimum Gasteiger partial charge on any atom is -0.322 e. The number of hydrogen-bond acceptors (Lipinski definition) is 3. The summed E-state index contributed by atoms with van der Waals surface area (Å²) >= 11 is 0. The maximum atomic E-state index is 11.5. The quantitative estimate of drug-likeness (QED) is 0.799. The summed E-state index contributed by atoms with van der Waals surface area (Å²) < 4.78 is 0. The Kier molecular flexibility index (Phi) is 2.72. The zero-order chi connectivity index (χ0) is 13.2. The first-order chi connectivity index (χ1) is 9.24. The van der Waals surface area contributed by atoms with Gasteiger partial charge in [0.1, 0.15) is 6.04 Å². The van der Waals surface area contributed by atoms with Crippen LogP contribution in [-0.2, 0) is 4.79 Å². The van der Waals surface area contributed by atoms with Crippen molar-refractivity contribution in [1.82, 2.24) is 15.6 Å². The summed E-state index contributed by atoms with van der Waals surface area (Å²) in [6.07, 6.45) is 3.46. The number of pyridine rings is 1. The molecule has 1 saturated heterocycles. The van der Waals surface area contributed by atoms with Crippen molar-refractivity contribution in [2.24, 2.45) is 0 Å². The molecule has 2 heterocycles. The van der Waals surface area contributed by atoms with Crippen LogP contribution in [0.1, 0.15) is 11.6 Å². The highest BCUT2D eigenvalue weighted by molar-refractivity contribution is 6.04. The van der Waals surface area contributed by atoms with Gasteiger partial charge in [0.25, 0.3) is 5.91 Å². The van der Waals surface area contributed by atoms with Gasteiger partial charge in [-0.2, -0.15) is 0 Å². The molecule has 1 aliphatic heterocycles. The third kappa shape index (κ3) is 2.18. The molecule has 1 aliphatic rings. The van der Waals surface area contributed by atoms with E-state index in [9.17, 15) is 9.59 Å². The lowest BCUT2D eigenvalue weighted by molar-refractivity contribution is -0.120. The largest absolute Gasteiger partial charge is 0.322 e. The first-order valence-electron chi connectivity index (χ1n) is 5.86. The lowest BCUT2D eigenvalue weighted by atomic mass is 10.0. The van der Waals surface area contributed by atoms with Crippen molar-refractivity contribution in [3.63, 3.8) is 0 Å². The van der Waals surface area contributed by atoms with Crippen LogP contribution in [0.25, 0.3) is 11.1 Å². The summed E-state index contributed by atoms with van der Waals surface area (Å²) in [5.74, 6) is -0.318. The third-order valence-corrected chi connectivity index (χ3v) is 3.03. The minimum absolute atomic E-state index is 0.318. The van der Waals surface area contributed by atoms with E-state index >= 15 is 0 Å². The highest BCUT2D eigenvalue weighted by atomic mass is 16.2. The Bertz CT molecular complexity index is 623. The second kappa shape index (κ2) is 4.53. The molecule has 94 valence electrons. The molecule has 1 aromatic carbocycles. The third-order valence-electron chi connectivity index (χ3n) is 3.03. The molecule has 19 heavy (non-hydrogen) atoms. The molecular weight excluding hydrogens is 242 g/mol. The smallest absolute Gasteiger partial charge is 0.322 e. The highest BCUT2D eigenvalue weighted by Gasteiger charge is 2.30. The Balaban J connectivity index is 1.87. The molecular formula is C14H11N3O2. The second-order valence-corrected chi connectivity index (χ2v) is 4.25. The summed E-state index contributed by atoms with van der Waals surface area (Å²) in [6.45, 7) is 0. The van der Waals surface area contributed by atoms with Gasteiger partial charge in [0.15, 0.2) is 0 Å². The molecule has 5 nitrogen and oxygen atoms in total. The standard InChI is InChI=1S/C14H11N3O2/c18-13-12(16-14(19)17-13)11-3-1-9(2-4-11)10-5-7-15-8-6-10/h1-8,12H,(H2,16,17,18,19). The van der Waals surface area contributed by atoms with Crippen molar-refractivity contribution in [2.75, 3.05) is 0 Å². The SMILES string of the molecule is O=C1NC(=O)C(c2ccc(-c3ccncc3)cc2)N1. The lowest BCUT2D eigenvalue weighted by Gasteiger charge is -2.08. The summed E-state index contributed by atoms with van der Waals surface area (Å²) in [5, 5.41) is 4.78. The van der Waals surface area contributed by atoms with Crippen molar-refractivity contribution < 1.29 is 9.59 Å². The van der Waals surface area contributed by atoms with Crippen LogP contribution in [-0.4, -0.2) is 16.9 Å². The van der Waals surface area contributed by atoms with Crippen LogP contribution in [0.3, 0.4) is 0 Å². The fourth-order valence-corrected chi connectivity index (χ4v) is 2.06. The molecule has 0 aliphatic carbocycles. The molecule has 0 saturated carbocycles. The molecule has 0 radical (unpaired) electrons. The second-order valence-electron chi connectivity index (χ2n) is 4.25.